The van der Waals surface area contributed by atoms with Gasteiger partial charge in [0.1, 0.15) is 0 Å². The predicted octanol–water partition coefficient (Wildman–Crippen LogP) is 2.65. The lowest BCUT2D eigenvalue weighted by Crippen LogP contribution is -2.42. The van der Waals surface area contributed by atoms with E-state index in [4.69, 9.17) is 0 Å². The van der Waals surface area contributed by atoms with E-state index in [9.17, 15) is 4.79 Å². The van der Waals surface area contributed by atoms with Gasteiger partial charge in [0.15, 0.2) is 5.78 Å². The summed E-state index contributed by atoms with van der Waals surface area (Å²) in [6.45, 7) is 7.07. The highest BCUT2D eigenvalue weighted by atomic mass is 16.1. The van der Waals surface area contributed by atoms with E-state index in [1.807, 2.05) is 10.9 Å². The van der Waals surface area contributed by atoms with E-state index in [1.165, 1.54) is 0 Å². The summed E-state index contributed by atoms with van der Waals surface area (Å²) in [6.07, 6.45) is 8.68. The maximum Gasteiger partial charge on any atom is 0.172 e. The van der Waals surface area contributed by atoms with Crippen molar-refractivity contribution in [1.82, 2.24) is 15.1 Å². The normalized spacial score (nSPS) is 18.4. The van der Waals surface area contributed by atoms with Crippen LogP contribution in [-0.2, 0) is 6.54 Å². The van der Waals surface area contributed by atoms with Gasteiger partial charge in [0, 0.05) is 18.2 Å². The maximum atomic E-state index is 12.8. The van der Waals surface area contributed by atoms with Gasteiger partial charge in [-0.1, -0.05) is 20.3 Å². The summed E-state index contributed by atoms with van der Waals surface area (Å²) in [5, 5.41) is 7.65. The quantitative estimate of drug-likeness (QED) is 0.803. The van der Waals surface area contributed by atoms with Crippen LogP contribution in [0.5, 0.6) is 0 Å². The minimum Gasteiger partial charge on any atom is -0.317 e. The molecule has 1 aromatic heterocycles. The van der Waals surface area contributed by atoms with Crippen molar-refractivity contribution in [3.8, 4) is 0 Å². The Kier molecular flexibility index (Phi) is 4.75. The van der Waals surface area contributed by atoms with E-state index in [0.29, 0.717) is 5.78 Å². The van der Waals surface area contributed by atoms with Crippen molar-refractivity contribution in [2.24, 2.45) is 5.41 Å². The molecule has 1 aliphatic heterocycles. The number of hydrogen-bond acceptors (Lipinski definition) is 3. The smallest absolute Gasteiger partial charge is 0.172 e. The summed E-state index contributed by atoms with van der Waals surface area (Å²) < 4.78 is 1.88. The Hall–Kier alpha value is -1.16. The number of nitrogens with one attached hydrogen (secondary N) is 1. The summed E-state index contributed by atoms with van der Waals surface area (Å²) in [4.78, 5) is 12.8. The van der Waals surface area contributed by atoms with Crippen LogP contribution in [-0.4, -0.2) is 28.7 Å². The van der Waals surface area contributed by atoms with Gasteiger partial charge in [-0.2, -0.15) is 5.10 Å². The molecule has 0 bridgehead atoms. The highest BCUT2D eigenvalue weighted by molar-refractivity contribution is 6.00. The van der Waals surface area contributed by atoms with E-state index < -0.39 is 0 Å². The molecule has 19 heavy (non-hydrogen) atoms. The molecule has 2 rings (SSSR count). The zero-order valence-electron chi connectivity index (χ0n) is 12.1. The topological polar surface area (TPSA) is 46.9 Å². The third kappa shape index (κ3) is 3.06. The SMILES string of the molecule is CCCn1cc(C(=O)C2(CCC)CCNCC2)cn1. The van der Waals surface area contributed by atoms with Gasteiger partial charge in [-0.05, 0) is 38.8 Å². The first-order valence-corrected chi connectivity index (χ1v) is 7.50. The first kappa shape index (κ1) is 14.3. The van der Waals surface area contributed by atoms with Crippen molar-refractivity contribution in [2.75, 3.05) is 13.1 Å². The molecule has 0 aliphatic carbocycles. The molecular weight excluding hydrogens is 238 g/mol. The van der Waals surface area contributed by atoms with Gasteiger partial charge < -0.3 is 5.32 Å². The second-order valence-corrected chi connectivity index (χ2v) is 5.60. The minimum atomic E-state index is -0.153. The summed E-state index contributed by atoms with van der Waals surface area (Å²) in [5.74, 6) is 0.304. The zero-order chi connectivity index (χ0) is 13.7. The fourth-order valence-corrected chi connectivity index (χ4v) is 3.11. The molecule has 0 amide bonds. The summed E-state index contributed by atoms with van der Waals surface area (Å²) in [5.41, 5.74) is 0.642. The average molecular weight is 263 g/mol. The van der Waals surface area contributed by atoms with E-state index in [-0.39, 0.29) is 5.41 Å². The van der Waals surface area contributed by atoms with Crippen LogP contribution in [0.1, 0.15) is 56.3 Å². The van der Waals surface area contributed by atoms with Crippen molar-refractivity contribution in [3.05, 3.63) is 18.0 Å². The fourth-order valence-electron chi connectivity index (χ4n) is 3.11. The van der Waals surface area contributed by atoms with Gasteiger partial charge in [0.05, 0.1) is 11.8 Å². The first-order chi connectivity index (χ1) is 9.22. The lowest BCUT2D eigenvalue weighted by molar-refractivity contribution is 0.0704. The standard InChI is InChI=1S/C15H25N3O/c1-3-5-15(6-8-16-9-7-15)14(19)13-11-17-18(12-13)10-4-2/h11-12,16H,3-10H2,1-2H3. The molecule has 0 spiro atoms. The van der Waals surface area contributed by atoms with Gasteiger partial charge >= 0.3 is 0 Å². The van der Waals surface area contributed by atoms with E-state index in [1.54, 1.807) is 6.20 Å². The van der Waals surface area contributed by atoms with Crippen LogP contribution in [0, 0.1) is 5.41 Å². The Bertz CT molecular complexity index is 413. The number of rotatable bonds is 6. The van der Waals surface area contributed by atoms with Crippen LogP contribution in [0.15, 0.2) is 12.4 Å². The Labute approximate surface area is 115 Å². The van der Waals surface area contributed by atoms with Crippen LogP contribution in [0.25, 0.3) is 0 Å². The number of hydrogen-bond donors (Lipinski definition) is 1. The highest BCUT2D eigenvalue weighted by Gasteiger charge is 2.39. The number of aromatic nitrogens is 2. The van der Waals surface area contributed by atoms with Gasteiger partial charge in [0.2, 0.25) is 0 Å². The third-order valence-corrected chi connectivity index (χ3v) is 4.12. The maximum absolute atomic E-state index is 12.8. The van der Waals surface area contributed by atoms with Crippen molar-refractivity contribution in [1.29, 1.82) is 0 Å². The molecule has 0 atom stereocenters. The second kappa shape index (κ2) is 6.33. The molecule has 4 heteroatoms. The molecule has 1 aliphatic rings. The number of aryl methyl sites for hydroxylation is 1. The monoisotopic (exact) mass is 263 g/mol. The molecule has 4 nitrogen and oxygen atoms in total. The summed E-state index contributed by atoms with van der Waals surface area (Å²) in [6, 6.07) is 0. The number of Topliss-reactive ketones (excluding diaryl/α,β-unsaturated/α-hetero) is 1. The first-order valence-electron chi connectivity index (χ1n) is 7.50. The molecule has 1 fully saturated rings. The lowest BCUT2D eigenvalue weighted by Gasteiger charge is -2.35. The van der Waals surface area contributed by atoms with Gasteiger partial charge in [-0.3, -0.25) is 9.48 Å². The number of nitrogens with zero attached hydrogens (tertiary/aromatic N) is 2. The molecule has 1 aromatic rings. The molecule has 0 saturated carbocycles. The lowest BCUT2D eigenvalue weighted by atomic mass is 9.70. The number of ketones is 1. The van der Waals surface area contributed by atoms with Gasteiger partial charge in [-0.15, -0.1) is 0 Å². The van der Waals surface area contributed by atoms with Crippen LogP contribution in [0.3, 0.4) is 0 Å². The van der Waals surface area contributed by atoms with Crippen LogP contribution in [0.4, 0.5) is 0 Å². The van der Waals surface area contributed by atoms with E-state index >= 15 is 0 Å². The molecule has 0 radical (unpaired) electrons. The van der Waals surface area contributed by atoms with Crippen molar-refractivity contribution < 1.29 is 4.79 Å². The molecule has 1 N–H and O–H groups in total. The zero-order valence-corrected chi connectivity index (χ0v) is 12.1. The molecular formula is C15H25N3O. The van der Waals surface area contributed by atoms with Crippen LogP contribution < -0.4 is 5.32 Å². The predicted molar refractivity (Wildman–Crippen MR) is 76.3 cm³/mol. The van der Waals surface area contributed by atoms with Gasteiger partial charge in [-0.25, -0.2) is 0 Å². The largest absolute Gasteiger partial charge is 0.317 e. The third-order valence-electron chi connectivity index (χ3n) is 4.12. The summed E-state index contributed by atoms with van der Waals surface area (Å²) in [7, 11) is 0. The Balaban J connectivity index is 2.17. The number of piperidine rings is 1. The van der Waals surface area contributed by atoms with Gasteiger partial charge in [0.25, 0.3) is 0 Å². The molecule has 1 saturated heterocycles. The van der Waals surface area contributed by atoms with Crippen LogP contribution >= 0.6 is 0 Å². The van der Waals surface area contributed by atoms with E-state index in [0.717, 1.165) is 57.3 Å². The highest BCUT2D eigenvalue weighted by Crippen LogP contribution is 2.37. The van der Waals surface area contributed by atoms with Crippen molar-refractivity contribution >= 4 is 5.78 Å². The number of carbonyl (C=O) groups is 1. The number of carbonyl (C=O) groups excluding carboxylic acids is 1. The molecule has 106 valence electrons. The average Bonchev–Trinajstić information content (AvgIpc) is 2.88. The van der Waals surface area contributed by atoms with Crippen molar-refractivity contribution in [3.63, 3.8) is 0 Å². The molecule has 2 heterocycles. The Morgan fingerprint density at radius 3 is 2.74 bits per heavy atom. The Morgan fingerprint density at radius 2 is 2.11 bits per heavy atom. The van der Waals surface area contributed by atoms with Crippen LogP contribution in [0.2, 0.25) is 0 Å². The van der Waals surface area contributed by atoms with Crippen molar-refractivity contribution in [2.45, 2.75) is 52.5 Å². The Morgan fingerprint density at radius 1 is 1.37 bits per heavy atom. The molecule has 0 unspecified atom stereocenters. The van der Waals surface area contributed by atoms with E-state index in [2.05, 4.69) is 24.3 Å². The fraction of sp³-hybridized carbons (Fsp3) is 0.733. The molecule has 0 aromatic carbocycles. The second-order valence-electron chi connectivity index (χ2n) is 5.60. The minimum absolute atomic E-state index is 0.153. The summed E-state index contributed by atoms with van der Waals surface area (Å²) >= 11 is 0.